The van der Waals surface area contributed by atoms with Gasteiger partial charge >= 0.3 is 0 Å². The minimum absolute atomic E-state index is 0.844. The molecule has 0 aliphatic heterocycles. The van der Waals surface area contributed by atoms with Crippen molar-refractivity contribution in [2.75, 3.05) is 0 Å². The first-order chi connectivity index (χ1) is 14.8. The summed E-state index contributed by atoms with van der Waals surface area (Å²) in [7, 11) is 0. The fraction of sp³-hybridized carbons (Fsp3) is 0.967. The monoisotopic (exact) mass is 421 g/mol. The molecular formula is C30H61. The van der Waals surface area contributed by atoms with Gasteiger partial charge in [-0.15, -0.1) is 0 Å². The Morgan fingerprint density at radius 1 is 0.400 bits per heavy atom. The zero-order valence-corrected chi connectivity index (χ0v) is 21.8. The molecule has 0 aromatic heterocycles. The van der Waals surface area contributed by atoms with Gasteiger partial charge in [0.1, 0.15) is 0 Å². The third-order valence-corrected chi connectivity index (χ3v) is 6.89. The second-order valence-electron chi connectivity index (χ2n) is 10.2. The highest BCUT2D eigenvalue weighted by atomic mass is 14.1. The second-order valence-corrected chi connectivity index (χ2v) is 10.2. The van der Waals surface area contributed by atoms with E-state index in [2.05, 4.69) is 27.2 Å². The molecule has 0 spiro atoms. The van der Waals surface area contributed by atoms with Crippen molar-refractivity contribution in [3.05, 3.63) is 6.42 Å². The van der Waals surface area contributed by atoms with Gasteiger partial charge in [-0.25, -0.2) is 0 Å². The first kappa shape index (κ1) is 30.0. The van der Waals surface area contributed by atoms with Crippen LogP contribution in [0.4, 0.5) is 0 Å². The van der Waals surface area contributed by atoms with E-state index >= 15 is 0 Å². The zero-order chi connectivity index (χ0) is 22.0. The molecule has 0 rings (SSSR count). The molecule has 0 aliphatic rings. The normalized spacial score (nSPS) is 12.5. The third kappa shape index (κ3) is 26.0. The van der Waals surface area contributed by atoms with Crippen LogP contribution in [0.2, 0.25) is 0 Å². The average molecular weight is 422 g/mol. The molecule has 0 bridgehead atoms. The number of hydrogen-bond donors (Lipinski definition) is 0. The first-order valence-electron chi connectivity index (χ1n) is 14.6. The predicted molar refractivity (Wildman–Crippen MR) is 140 cm³/mol. The Hall–Kier alpha value is 0. The van der Waals surface area contributed by atoms with Crippen LogP contribution in [0.1, 0.15) is 181 Å². The van der Waals surface area contributed by atoms with Crippen LogP contribution in [-0.4, -0.2) is 0 Å². The van der Waals surface area contributed by atoms with Crippen molar-refractivity contribution in [3.8, 4) is 0 Å². The van der Waals surface area contributed by atoms with E-state index in [0.29, 0.717) is 0 Å². The van der Waals surface area contributed by atoms with Crippen LogP contribution in [0.5, 0.6) is 0 Å². The second kappa shape index (κ2) is 27.0. The molecule has 0 saturated carbocycles. The maximum absolute atomic E-state index is 2.61. The maximum Gasteiger partial charge on any atom is -0.0358 e. The Bertz CT molecular complexity index is 282. The van der Waals surface area contributed by atoms with Crippen LogP contribution in [0.25, 0.3) is 0 Å². The third-order valence-electron chi connectivity index (χ3n) is 6.89. The summed E-state index contributed by atoms with van der Waals surface area (Å²) < 4.78 is 0. The van der Waals surface area contributed by atoms with Crippen LogP contribution < -0.4 is 0 Å². The van der Waals surface area contributed by atoms with Gasteiger partial charge in [-0.1, -0.05) is 175 Å². The minimum Gasteiger partial charge on any atom is -0.0654 e. The van der Waals surface area contributed by atoms with Crippen molar-refractivity contribution in [1.29, 1.82) is 0 Å². The molecule has 1 atom stereocenters. The molecule has 0 amide bonds. The van der Waals surface area contributed by atoms with E-state index in [4.69, 9.17) is 0 Å². The van der Waals surface area contributed by atoms with Gasteiger partial charge in [-0.3, -0.25) is 0 Å². The Morgan fingerprint density at radius 3 is 1.07 bits per heavy atom. The van der Waals surface area contributed by atoms with E-state index in [-0.39, 0.29) is 0 Å². The standard InChI is InChI=1S/C30H61/c1-4-6-8-10-12-14-15-16-17-18-19-20-21-23-25-27-29-30(3)28-26-24-22-13-11-9-7-5-2/h29-30H,4-28H2,1-3H3. The first-order valence-corrected chi connectivity index (χ1v) is 14.6. The van der Waals surface area contributed by atoms with Crippen molar-refractivity contribution in [3.63, 3.8) is 0 Å². The highest BCUT2D eigenvalue weighted by Gasteiger charge is 2.02. The van der Waals surface area contributed by atoms with E-state index in [0.717, 1.165) is 5.92 Å². The molecule has 0 heteroatoms. The van der Waals surface area contributed by atoms with Gasteiger partial charge in [-0.05, 0) is 18.8 Å². The Morgan fingerprint density at radius 2 is 0.700 bits per heavy atom. The summed E-state index contributed by atoms with van der Waals surface area (Å²) in [6.45, 7) is 7.04. The van der Waals surface area contributed by atoms with Crippen LogP contribution in [0.3, 0.4) is 0 Å². The van der Waals surface area contributed by atoms with Gasteiger partial charge in [0.25, 0.3) is 0 Å². The lowest BCUT2D eigenvalue weighted by Gasteiger charge is -2.10. The fourth-order valence-corrected chi connectivity index (χ4v) is 4.64. The summed E-state index contributed by atoms with van der Waals surface area (Å²) >= 11 is 0. The molecule has 0 fully saturated rings. The molecule has 0 N–H and O–H groups in total. The molecule has 0 nitrogen and oxygen atoms in total. The fourth-order valence-electron chi connectivity index (χ4n) is 4.64. The van der Waals surface area contributed by atoms with Gasteiger partial charge in [0.05, 0.1) is 0 Å². The molecule has 181 valence electrons. The molecular weight excluding hydrogens is 360 g/mol. The lowest BCUT2D eigenvalue weighted by Crippen LogP contribution is -1.96. The Kier molecular flexibility index (Phi) is 27.0. The van der Waals surface area contributed by atoms with Crippen molar-refractivity contribution in [2.24, 2.45) is 5.92 Å². The average Bonchev–Trinajstić information content (AvgIpc) is 2.75. The predicted octanol–water partition coefficient (Wildman–Crippen LogP) is 11.6. The van der Waals surface area contributed by atoms with Crippen LogP contribution in [0.15, 0.2) is 0 Å². The van der Waals surface area contributed by atoms with Crippen LogP contribution in [-0.2, 0) is 0 Å². The summed E-state index contributed by atoms with van der Waals surface area (Å²) in [4.78, 5) is 0. The number of hydrogen-bond acceptors (Lipinski definition) is 0. The highest BCUT2D eigenvalue weighted by Crippen LogP contribution is 2.18. The van der Waals surface area contributed by atoms with E-state index in [1.54, 1.807) is 0 Å². The lowest BCUT2D eigenvalue weighted by atomic mass is 9.95. The molecule has 1 unspecified atom stereocenters. The van der Waals surface area contributed by atoms with Crippen LogP contribution >= 0.6 is 0 Å². The highest BCUT2D eigenvalue weighted by molar-refractivity contribution is 4.72. The van der Waals surface area contributed by atoms with Gasteiger partial charge < -0.3 is 0 Å². The lowest BCUT2D eigenvalue weighted by molar-refractivity contribution is 0.498. The Balaban J connectivity index is 3.11. The van der Waals surface area contributed by atoms with Gasteiger partial charge in [0, 0.05) is 0 Å². The van der Waals surface area contributed by atoms with Crippen LogP contribution in [0, 0.1) is 12.3 Å². The van der Waals surface area contributed by atoms with Crippen molar-refractivity contribution in [1.82, 2.24) is 0 Å². The molecule has 0 aliphatic carbocycles. The summed E-state index contributed by atoms with van der Waals surface area (Å²) in [6.07, 6.45) is 38.9. The largest absolute Gasteiger partial charge is 0.0654 e. The number of rotatable bonds is 26. The van der Waals surface area contributed by atoms with E-state index in [1.165, 1.54) is 161 Å². The quantitative estimate of drug-likeness (QED) is 0.122. The smallest absolute Gasteiger partial charge is 0.0358 e. The summed E-state index contributed by atoms with van der Waals surface area (Å²) in [5.74, 6) is 0.844. The number of unbranched alkanes of at least 4 members (excludes halogenated alkanes) is 22. The molecule has 0 saturated heterocycles. The maximum atomic E-state index is 2.61. The summed E-state index contributed by atoms with van der Waals surface area (Å²) in [5, 5.41) is 0. The van der Waals surface area contributed by atoms with Gasteiger partial charge in [0.15, 0.2) is 0 Å². The van der Waals surface area contributed by atoms with E-state index in [1.807, 2.05) is 0 Å². The van der Waals surface area contributed by atoms with Gasteiger partial charge in [0.2, 0.25) is 0 Å². The van der Waals surface area contributed by atoms with Gasteiger partial charge in [-0.2, -0.15) is 0 Å². The molecule has 0 heterocycles. The topological polar surface area (TPSA) is 0 Å². The van der Waals surface area contributed by atoms with Crippen molar-refractivity contribution < 1.29 is 0 Å². The summed E-state index contributed by atoms with van der Waals surface area (Å²) in [6, 6.07) is 0. The molecule has 1 radical (unpaired) electrons. The summed E-state index contributed by atoms with van der Waals surface area (Å²) in [5.41, 5.74) is 0. The molecule has 0 aromatic carbocycles. The zero-order valence-electron chi connectivity index (χ0n) is 21.8. The minimum atomic E-state index is 0.844. The molecule has 30 heavy (non-hydrogen) atoms. The SMILES string of the molecule is CCCCCCCCCCCCCCCCC[CH]C(C)CCCCCCCCCC. The van der Waals surface area contributed by atoms with E-state index < -0.39 is 0 Å². The van der Waals surface area contributed by atoms with E-state index in [9.17, 15) is 0 Å². The molecule has 0 aromatic rings. The van der Waals surface area contributed by atoms with Crippen molar-refractivity contribution >= 4 is 0 Å². The Labute approximate surface area is 193 Å². The van der Waals surface area contributed by atoms with Crippen molar-refractivity contribution in [2.45, 2.75) is 181 Å².